The van der Waals surface area contributed by atoms with Crippen LogP contribution >= 0.6 is 0 Å². The zero-order valence-corrected chi connectivity index (χ0v) is 10.1. The quantitative estimate of drug-likeness (QED) is 0.869. The predicted molar refractivity (Wildman–Crippen MR) is 67.0 cm³/mol. The second kappa shape index (κ2) is 5.19. The molecule has 1 fully saturated rings. The van der Waals surface area contributed by atoms with Gasteiger partial charge >= 0.3 is 6.09 Å². The first-order valence-electron chi connectivity index (χ1n) is 5.92. The SMILES string of the molecule is Cc1ccccc1N1CC(CCN)COC1=O. The van der Waals surface area contributed by atoms with Crippen LogP contribution in [0.2, 0.25) is 0 Å². The van der Waals surface area contributed by atoms with Crippen LogP contribution < -0.4 is 10.6 Å². The summed E-state index contributed by atoms with van der Waals surface area (Å²) in [5, 5.41) is 0. The van der Waals surface area contributed by atoms with Crippen molar-refractivity contribution in [2.75, 3.05) is 24.6 Å². The van der Waals surface area contributed by atoms with Gasteiger partial charge in [-0.2, -0.15) is 0 Å². The van der Waals surface area contributed by atoms with Crippen molar-refractivity contribution in [3.8, 4) is 0 Å². The number of rotatable bonds is 3. The third-order valence-electron chi connectivity index (χ3n) is 3.08. The van der Waals surface area contributed by atoms with Gasteiger partial charge in [0.15, 0.2) is 0 Å². The van der Waals surface area contributed by atoms with Crippen LogP contribution in [-0.4, -0.2) is 25.8 Å². The maximum Gasteiger partial charge on any atom is 0.414 e. The Labute approximate surface area is 101 Å². The number of cyclic esters (lactones) is 1. The summed E-state index contributed by atoms with van der Waals surface area (Å²) in [5.74, 6) is 0.331. The van der Waals surface area contributed by atoms with Crippen LogP contribution in [-0.2, 0) is 4.74 Å². The molecule has 1 aromatic rings. The zero-order chi connectivity index (χ0) is 12.3. The number of aryl methyl sites for hydroxylation is 1. The number of anilines is 1. The standard InChI is InChI=1S/C13H18N2O2/c1-10-4-2-3-5-12(10)15-8-11(6-7-14)9-17-13(15)16/h2-5,11H,6-9,14H2,1H3. The van der Waals surface area contributed by atoms with E-state index < -0.39 is 0 Å². The topological polar surface area (TPSA) is 55.6 Å². The monoisotopic (exact) mass is 234 g/mol. The first kappa shape index (κ1) is 11.9. The normalized spacial score (nSPS) is 20.2. The molecular formula is C13H18N2O2. The Bertz CT molecular complexity index is 406. The van der Waals surface area contributed by atoms with Gasteiger partial charge in [0.2, 0.25) is 0 Å². The first-order valence-corrected chi connectivity index (χ1v) is 5.92. The van der Waals surface area contributed by atoms with Crippen molar-refractivity contribution in [3.05, 3.63) is 29.8 Å². The molecule has 0 radical (unpaired) electrons. The number of nitrogens with two attached hydrogens (primary N) is 1. The fourth-order valence-corrected chi connectivity index (χ4v) is 2.13. The average Bonchev–Trinajstić information content (AvgIpc) is 2.33. The van der Waals surface area contributed by atoms with Crippen molar-refractivity contribution in [3.63, 3.8) is 0 Å². The number of para-hydroxylation sites is 1. The molecule has 2 rings (SSSR count). The summed E-state index contributed by atoms with van der Waals surface area (Å²) < 4.78 is 5.20. The van der Waals surface area contributed by atoms with Crippen LogP contribution in [0.1, 0.15) is 12.0 Å². The molecular weight excluding hydrogens is 216 g/mol. The van der Waals surface area contributed by atoms with Gasteiger partial charge in [0.05, 0.1) is 6.61 Å². The highest BCUT2D eigenvalue weighted by Crippen LogP contribution is 2.25. The Kier molecular flexibility index (Phi) is 3.64. The molecule has 1 aromatic carbocycles. The Hall–Kier alpha value is -1.55. The van der Waals surface area contributed by atoms with Gasteiger partial charge in [-0.05, 0) is 31.5 Å². The van der Waals surface area contributed by atoms with Gasteiger partial charge in [0.25, 0.3) is 0 Å². The van der Waals surface area contributed by atoms with Gasteiger partial charge in [-0.3, -0.25) is 4.90 Å². The van der Waals surface area contributed by atoms with E-state index in [-0.39, 0.29) is 6.09 Å². The highest BCUT2D eigenvalue weighted by molar-refractivity contribution is 5.89. The lowest BCUT2D eigenvalue weighted by atomic mass is 10.0. The minimum absolute atomic E-state index is 0.257. The summed E-state index contributed by atoms with van der Waals surface area (Å²) in [6.45, 7) is 3.80. The van der Waals surface area contributed by atoms with E-state index in [1.54, 1.807) is 4.90 Å². The molecule has 1 heterocycles. The summed E-state index contributed by atoms with van der Waals surface area (Å²) in [6.07, 6.45) is 0.628. The second-order valence-electron chi connectivity index (χ2n) is 4.42. The molecule has 0 aromatic heterocycles. The zero-order valence-electron chi connectivity index (χ0n) is 10.1. The smallest absolute Gasteiger partial charge is 0.414 e. The fraction of sp³-hybridized carbons (Fsp3) is 0.462. The van der Waals surface area contributed by atoms with Crippen molar-refractivity contribution in [2.45, 2.75) is 13.3 Å². The number of benzene rings is 1. The van der Waals surface area contributed by atoms with Gasteiger partial charge in [0.1, 0.15) is 0 Å². The third kappa shape index (κ3) is 2.58. The van der Waals surface area contributed by atoms with Gasteiger partial charge in [-0.25, -0.2) is 4.79 Å². The molecule has 0 aliphatic carbocycles. The van der Waals surface area contributed by atoms with Crippen molar-refractivity contribution in [1.82, 2.24) is 0 Å². The van der Waals surface area contributed by atoms with E-state index in [2.05, 4.69) is 0 Å². The number of carbonyl (C=O) groups excluding carboxylic acids is 1. The molecule has 1 aliphatic rings. The molecule has 4 nitrogen and oxygen atoms in total. The van der Waals surface area contributed by atoms with E-state index >= 15 is 0 Å². The van der Waals surface area contributed by atoms with E-state index in [1.807, 2.05) is 31.2 Å². The van der Waals surface area contributed by atoms with Gasteiger partial charge in [-0.1, -0.05) is 18.2 Å². The van der Waals surface area contributed by atoms with Crippen LogP contribution in [0.4, 0.5) is 10.5 Å². The molecule has 1 unspecified atom stereocenters. The summed E-state index contributed by atoms with van der Waals surface area (Å²) in [5.41, 5.74) is 7.56. The van der Waals surface area contributed by atoms with Crippen LogP contribution in [0.25, 0.3) is 0 Å². The molecule has 0 spiro atoms. The van der Waals surface area contributed by atoms with Crippen molar-refractivity contribution < 1.29 is 9.53 Å². The number of ether oxygens (including phenoxy) is 1. The average molecular weight is 234 g/mol. The molecule has 1 atom stereocenters. The molecule has 1 aliphatic heterocycles. The maximum absolute atomic E-state index is 11.8. The summed E-state index contributed by atoms with van der Waals surface area (Å²) in [6, 6.07) is 7.84. The van der Waals surface area contributed by atoms with Crippen LogP contribution in [0, 0.1) is 12.8 Å². The summed E-state index contributed by atoms with van der Waals surface area (Å²) in [7, 11) is 0. The van der Waals surface area contributed by atoms with E-state index in [0.717, 1.165) is 17.7 Å². The molecule has 2 N–H and O–H groups in total. The number of nitrogens with zero attached hydrogens (tertiary/aromatic N) is 1. The van der Waals surface area contributed by atoms with E-state index in [0.29, 0.717) is 25.6 Å². The maximum atomic E-state index is 11.8. The molecule has 0 bridgehead atoms. The van der Waals surface area contributed by atoms with Crippen LogP contribution in [0.5, 0.6) is 0 Å². The Morgan fingerprint density at radius 3 is 2.94 bits per heavy atom. The largest absolute Gasteiger partial charge is 0.449 e. The van der Waals surface area contributed by atoms with Crippen molar-refractivity contribution >= 4 is 11.8 Å². The number of carbonyl (C=O) groups is 1. The first-order chi connectivity index (χ1) is 8.22. The van der Waals surface area contributed by atoms with Gasteiger partial charge in [0, 0.05) is 18.2 Å². The van der Waals surface area contributed by atoms with E-state index in [9.17, 15) is 4.79 Å². The molecule has 17 heavy (non-hydrogen) atoms. The minimum Gasteiger partial charge on any atom is -0.449 e. The number of hydrogen-bond donors (Lipinski definition) is 1. The molecule has 1 amide bonds. The van der Waals surface area contributed by atoms with E-state index in [1.165, 1.54) is 0 Å². The molecule has 1 saturated heterocycles. The van der Waals surface area contributed by atoms with Crippen LogP contribution in [0.3, 0.4) is 0 Å². The third-order valence-corrected chi connectivity index (χ3v) is 3.08. The highest BCUT2D eigenvalue weighted by Gasteiger charge is 2.28. The Balaban J connectivity index is 2.18. The molecule has 92 valence electrons. The number of hydrogen-bond acceptors (Lipinski definition) is 3. The lowest BCUT2D eigenvalue weighted by molar-refractivity contribution is 0.113. The number of amides is 1. The van der Waals surface area contributed by atoms with Crippen LogP contribution in [0.15, 0.2) is 24.3 Å². The summed E-state index contributed by atoms with van der Waals surface area (Å²) >= 11 is 0. The second-order valence-corrected chi connectivity index (χ2v) is 4.42. The molecule has 0 saturated carbocycles. The molecule has 4 heteroatoms. The summed E-state index contributed by atoms with van der Waals surface area (Å²) in [4.78, 5) is 13.5. The van der Waals surface area contributed by atoms with E-state index in [4.69, 9.17) is 10.5 Å². The predicted octanol–water partition coefficient (Wildman–Crippen LogP) is 1.92. The fourth-order valence-electron chi connectivity index (χ4n) is 2.13. The van der Waals surface area contributed by atoms with Crippen molar-refractivity contribution in [2.24, 2.45) is 11.7 Å². The lowest BCUT2D eigenvalue weighted by Crippen LogP contribution is -2.44. The van der Waals surface area contributed by atoms with Crippen molar-refractivity contribution in [1.29, 1.82) is 0 Å². The minimum atomic E-state index is -0.257. The Morgan fingerprint density at radius 2 is 2.24 bits per heavy atom. The lowest BCUT2D eigenvalue weighted by Gasteiger charge is -2.32. The van der Waals surface area contributed by atoms with Gasteiger partial charge in [-0.15, -0.1) is 0 Å². The highest BCUT2D eigenvalue weighted by atomic mass is 16.6. The van der Waals surface area contributed by atoms with Gasteiger partial charge < -0.3 is 10.5 Å². The Morgan fingerprint density at radius 1 is 1.47 bits per heavy atom.